The van der Waals surface area contributed by atoms with Gasteiger partial charge in [0.05, 0.1) is 0 Å². The molecule has 2 saturated heterocycles. The van der Waals surface area contributed by atoms with Gasteiger partial charge in [0.25, 0.3) is 0 Å². The molecule has 138 valence electrons. The van der Waals surface area contributed by atoms with E-state index in [1.165, 1.54) is 12.0 Å². The Labute approximate surface area is 151 Å². The molecule has 0 spiro atoms. The van der Waals surface area contributed by atoms with E-state index < -0.39 is 0 Å². The number of nitrogens with two attached hydrogens (primary N) is 1. The van der Waals surface area contributed by atoms with Crippen molar-refractivity contribution in [2.75, 3.05) is 33.2 Å². The molecule has 0 aromatic heterocycles. The van der Waals surface area contributed by atoms with E-state index in [1.807, 2.05) is 16.8 Å². The van der Waals surface area contributed by atoms with Gasteiger partial charge in [-0.1, -0.05) is 30.3 Å². The summed E-state index contributed by atoms with van der Waals surface area (Å²) in [5.74, 6) is 0. The zero-order chi connectivity index (χ0) is 17.8. The van der Waals surface area contributed by atoms with E-state index in [4.69, 9.17) is 5.73 Å². The van der Waals surface area contributed by atoms with Gasteiger partial charge < -0.3 is 20.4 Å². The van der Waals surface area contributed by atoms with Crippen LogP contribution in [0.3, 0.4) is 0 Å². The summed E-state index contributed by atoms with van der Waals surface area (Å²) < 4.78 is 0. The first-order valence-corrected chi connectivity index (χ1v) is 9.61. The summed E-state index contributed by atoms with van der Waals surface area (Å²) in [6.07, 6.45) is 4.28. The first-order valence-electron chi connectivity index (χ1n) is 9.61. The van der Waals surface area contributed by atoms with Gasteiger partial charge in [-0.25, -0.2) is 4.79 Å². The molecule has 2 N–H and O–H groups in total. The van der Waals surface area contributed by atoms with Gasteiger partial charge in [-0.2, -0.15) is 0 Å². The van der Waals surface area contributed by atoms with Crippen LogP contribution < -0.4 is 5.73 Å². The van der Waals surface area contributed by atoms with Crippen molar-refractivity contribution in [2.45, 2.75) is 50.7 Å². The number of urea groups is 1. The highest BCUT2D eigenvalue weighted by atomic mass is 16.2. The molecule has 0 aliphatic carbocycles. The molecule has 25 heavy (non-hydrogen) atoms. The largest absolute Gasteiger partial charge is 0.326 e. The predicted molar refractivity (Wildman–Crippen MR) is 102 cm³/mol. The van der Waals surface area contributed by atoms with Gasteiger partial charge in [-0.05, 0) is 44.7 Å². The smallest absolute Gasteiger partial charge is 0.320 e. The molecular formula is C20H32N4O. The maximum absolute atomic E-state index is 12.8. The Hall–Kier alpha value is -1.59. The topological polar surface area (TPSA) is 52.8 Å². The molecule has 1 unspecified atom stereocenters. The summed E-state index contributed by atoms with van der Waals surface area (Å²) >= 11 is 0. The fraction of sp³-hybridized carbons (Fsp3) is 0.650. The number of rotatable bonds is 5. The molecule has 1 aromatic rings. The Kier molecular flexibility index (Phi) is 5.97. The second-order valence-corrected chi connectivity index (χ2v) is 7.61. The lowest BCUT2D eigenvalue weighted by Gasteiger charge is -2.32. The molecule has 2 aliphatic rings. The highest BCUT2D eigenvalue weighted by Crippen LogP contribution is 2.21. The van der Waals surface area contributed by atoms with Crippen LogP contribution in [-0.4, -0.2) is 72.1 Å². The van der Waals surface area contributed by atoms with Crippen LogP contribution in [0.25, 0.3) is 0 Å². The third-order valence-corrected chi connectivity index (χ3v) is 5.94. The van der Waals surface area contributed by atoms with Gasteiger partial charge in [-0.3, -0.25) is 0 Å². The fourth-order valence-electron chi connectivity index (χ4n) is 4.08. The number of likely N-dealkylation sites (N-methyl/N-ethyl adjacent to an activating group) is 1. The zero-order valence-corrected chi connectivity index (χ0v) is 15.6. The molecule has 2 aliphatic heterocycles. The van der Waals surface area contributed by atoms with Crippen LogP contribution in [0.5, 0.6) is 0 Å². The summed E-state index contributed by atoms with van der Waals surface area (Å²) in [6.45, 7) is 6.04. The number of hydrogen-bond acceptors (Lipinski definition) is 3. The van der Waals surface area contributed by atoms with Crippen molar-refractivity contribution in [3.8, 4) is 0 Å². The standard InChI is InChI=1S/C20H32N4O/c1-16-19(21)11-14-24(16)20(25)22(2)18-10-13-23(15-18)12-6-9-17-7-4-3-5-8-17/h3-5,7-8,16,18-19H,6,9-15,21H2,1-2H3/t16-,18+,19?/m0/s1. The van der Waals surface area contributed by atoms with Crippen molar-refractivity contribution in [2.24, 2.45) is 5.73 Å². The minimum absolute atomic E-state index is 0.121. The summed E-state index contributed by atoms with van der Waals surface area (Å²) in [5.41, 5.74) is 7.47. The number of likely N-dealkylation sites (tertiary alicyclic amines) is 2. The van der Waals surface area contributed by atoms with E-state index in [0.717, 1.165) is 45.4 Å². The lowest BCUT2D eigenvalue weighted by Crippen LogP contribution is -2.50. The summed E-state index contributed by atoms with van der Waals surface area (Å²) in [7, 11) is 1.96. The Bertz CT molecular complexity index is 564. The number of carbonyl (C=O) groups excluding carboxylic acids is 1. The normalized spacial score (nSPS) is 27.0. The van der Waals surface area contributed by atoms with Crippen LogP contribution in [0.4, 0.5) is 4.79 Å². The average Bonchev–Trinajstić information content (AvgIpc) is 3.22. The van der Waals surface area contributed by atoms with Gasteiger partial charge >= 0.3 is 6.03 Å². The van der Waals surface area contributed by atoms with Gasteiger partial charge in [0.15, 0.2) is 0 Å². The monoisotopic (exact) mass is 344 g/mol. The van der Waals surface area contributed by atoms with Crippen LogP contribution in [0.2, 0.25) is 0 Å². The molecule has 3 rings (SSSR count). The number of hydrogen-bond donors (Lipinski definition) is 1. The Balaban J connectivity index is 1.43. The molecule has 0 saturated carbocycles. The van der Waals surface area contributed by atoms with Crippen molar-refractivity contribution >= 4 is 6.03 Å². The molecule has 2 fully saturated rings. The van der Waals surface area contributed by atoms with Crippen LogP contribution in [0, 0.1) is 0 Å². The fourth-order valence-corrected chi connectivity index (χ4v) is 4.08. The maximum Gasteiger partial charge on any atom is 0.320 e. The first kappa shape index (κ1) is 18.2. The van der Waals surface area contributed by atoms with Crippen molar-refractivity contribution in [1.29, 1.82) is 0 Å². The number of aryl methyl sites for hydroxylation is 1. The quantitative estimate of drug-likeness (QED) is 0.891. The van der Waals surface area contributed by atoms with E-state index in [1.54, 1.807) is 0 Å². The number of nitrogens with zero attached hydrogens (tertiary/aromatic N) is 3. The Morgan fingerprint density at radius 2 is 2.00 bits per heavy atom. The number of amides is 2. The van der Waals surface area contributed by atoms with Crippen molar-refractivity contribution < 1.29 is 4.79 Å². The molecule has 5 nitrogen and oxygen atoms in total. The maximum atomic E-state index is 12.8. The number of carbonyl (C=O) groups is 1. The Morgan fingerprint density at radius 1 is 1.24 bits per heavy atom. The van der Waals surface area contributed by atoms with E-state index >= 15 is 0 Å². The van der Waals surface area contributed by atoms with E-state index in [-0.39, 0.29) is 18.1 Å². The molecule has 1 aromatic carbocycles. The average molecular weight is 345 g/mol. The lowest BCUT2D eigenvalue weighted by molar-refractivity contribution is 0.143. The van der Waals surface area contributed by atoms with Crippen LogP contribution in [0.1, 0.15) is 31.7 Å². The Morgan fingerprint density at radius 3 is 2.68 bits per heavy atom. The molecule has 0 bridgehead atoms. The lowest BCUT2D eigenvalue weighted by atomic mass is 10.1. The molecule has 0 radical (unpaired) electrons. The molecule has 5 heteroatoms. The van der Waals surface area contributed by atoms with Gasteiger partial charge in [-0.15, -0.1) is 0 Å². The van der Waals surface area contributed by atoms with Gasteiger partial charge in [0, 0.05) is 44.8 Å². The second kappa shape index (κ2) is 8.19. The van der Waals surface area contributed by atoms with Crippen molar-refractivity contribution in [1.82, 2.24) is 14.7 Å². The summed E-state index contributed by atoms with van der Waals surface area (Å²) in [6, 6.07) is 11.4. The minimum atomic E-state index is 0.121. The minimum Gasteiger partial charge on any atom is -0.326 e. The van der Waals surface area contributed by atoms with Gasteiger partial charge in [0.2, 0.25) is 0 Å². The molecular weight excluding hydrogens is 312 g/mol. The highest BCUT2D eigenvalue weighted by molar-refractivity contribution is 5.75. The third kappa shape index (κ3) is 4.33. The van der Waals surface area contributed by atoms with Crippen LogP contribution >= 0.6 is 0 Å². The SMILES string of the molecule is C[C@H]1C(N)CCN1C(=O)N(C)[C@@H]1CCN(CCCc2ccccc2)C1. The third-order valence-electron chi connectivity index (χ3n) is 5.94. The van der Waals surface area contributed by atoms with E-state index in [0.29, 0.717) is 6.04 Å². The van der Waals surface area contributed by atoms with E-state index in [9.17, 15) is 4.79 Å². The summed E-state index contributed by atoms with van der Waals surface area (Å²) in [5, 5.41) is 0. The highest BCUT2D eigenvalue weighted by Gasteiger charge is 2.36. The second-order valence-electron chi connectivity index (χ2n) is 7.61. The number of benzene rings is 1. The van der Waals surface area contributed by atoms with Gasteiger partial charge in [0.1, 0.15) is 0 Å². The summed E-state index contributed by atoms with van der Waals surface area (Å²) in [4.78, 5) is 19.2. The van der Waals surface area contributed by atoms with Crippen molar-refractivity contribution in [3.05, 3.63) is 35.9 Å². The predicted octanol–water partition coefficient (Wildman–Crippen LogP) is 2.17. The molecule has 2 heterocycles. The van der Waals surface area contributed by atoms with Crippen LogP contribution in [0.15, 0.2) is 30.3 Å². The van der Waals surface area contributed by atoms with Crippen LogP contribution in [-0.2, 0) is 6.42 Å². The molecule has 2 amide bonds. The first-order chi connectivity index (χ1) is 12.1. The zero-order valence-electron chi connectivity index (χ0n) is 15.6. The molecule has 3 atom stereocenters. The van der Waals surface area contributed by atoms with E-state index in [2.05, 4.69) is 42.2 Å². The van der Waals surface area contributed by atoms with Crippen molar-refractivity contribution in [3.63, 3.8) is 0 Å².